The van der Waals surface area contributed by atoms with Gasteiger partial charge in [-0.25, -0.2) is 9.97 Å². The standard InChI is InChI=1S/C25H32N6O2/c26-15-23-27-17-21(24(30-23)28-16-19-7-3-1-4-8-19)25(32)29-22(20-9-5-2-6-10-20)18-31-11-13-33-14-12-31/h2,5-6,9-10,17,19,22H,1,3-4,7-8,11-14,16,18H2,(H,29,32)(H,27,28,30). The molecule has 0 bridgehead atoms. The number of carbonyl (C=O) groups excluding carboxylic acids is 1. The van der Waals surface area contributed by atoms with Crippen molar-refractivity contribution in [2.75, 3.05) is 44.7 Å². The second-order valence-corrected chi connectivity index (χ2v) is 8.80. The van der Waals surface area contributed by atoms with Crippen molar-refractivity contribution in [2.45, 2.75) is 38.1 Å². The first-order chi connectivity index (χ1) is 16.2. The molecular formula is C25H32N6O2. The summed E-state index contributed by atoms with van der Waals surface area (Å²) in [5, 5.41) is 15.8. The molecule has 0 radical (unpaired) electrons. The van der Waals surface area contributed by atoms with E-state index < -0.39 is 0 Å². The number of nitrogens with one attached hydrogen (secondary N) is 2. The van der Waals surface area contributed by atoms with Gasteiger partial charge in [0.2, 0.25) is 5.82 Å². The quantitative estimate of drug-likeness (QED) is 0.639. The first-order valence-electron chi connectivity index (χ1n) is 11.9. The average Bonchev–Trinajstić information content (AvgIpc) is 2.88. The van der Waals surface area contributed by atoms with Gasteiger partial charge in [0.15, 0.2) is 0 Å². The van der Waals surface area contributed by atoms with Gasteiger partial charge in [-0.3, -0.25) is 9.69 Å². The molecule has 4 rings (SSSR count). The Bertz CT molecular complexity index is 949. The third-order valence-electron chi connectivity index (χ3n) is 6.47. The van der Waals surface area contributed by atoms with Crippen LogP contribution in [0.25, 0.3) is 0 Å². The number of nitrogens with zero attached hydrogens (tertiary/aromatic N) is 4. The minimum atomic E-state index is -0.243. The van der Waals surface area contributed by atoms with E-state index in [0.717, 1.165) is 25.2 Å². The van der Waals surface area contributed by atoms with E-state index in [2.05, 4.69) is 25.5 Å². The summed E-state index contributed by atoms with van der Waals surface area (Å²) in [5.74, 6) is 0.815. The Morgan fingerprint density at radius 1 is 1.18 bits per heavy atom. The van der Waals surface area contributed by atoms with E-state index in [4.69, 9.17) is 4.74 Å². The summed E-state index contributed by atoms with van der Waals surface area (Å²) in [6.45, 7) is 4.53. The van der Waals surface area contributed by atoms with E-state index in [1.165, 1.54) is 38.3 Å². The van der Waals surface area contributed by atoms with Crippen LogP contribution in [0.4, 0.5) is 5.82 Å². The zero-order valence-corrected chi connectivity index (χ0v) is 19.0. The van der Waals surface area contributed by atoms with Gasteiger partial charge in [0.05, 0.1) is 19.3 Å². The predicted molar refractivity (Wildman–Crippen MR) is 126 cm³/mol. The number of rotatable bonds is 8. The fourth-order valence-electron chi connectivity index (χ4n) is 4.57. The molecule has 1 atom stereocenters. The number of aromatic nitrogens is 2. The van der Waals surface area contributed by atoms with Crippen LogP contribution >= 0.6 is 0 Å². The lowest BCUT2D eigenvalue weighted by Gasteiger charge is -2.31. The van der Waals surface area contributed by atoms with Crippen LogP contribution in [0.3, 0.4) is 0 Å². The van der Waals surface area contributed by atoms with Crippen molar-refractivity contribution >= 4 is 11.7 Å². The summed E-state index contributed by atoms with van der Waals surface area (Å²) >= 11 is 0. The summed E-state index contributed by atoms with van der Waals surface area (Å²) < 4.78 is 5.47. The Labute approximate surface area is 195 Å². The van der Waals surface area contributed by atoms with Gasteiger partial charge in [-0.15, -0.1) is 0 Å². The number of benzene rings is 1. The number of carbonyl (C=O) groups is 1. The summed E-state index contributed by atoms with van der Waals surface area (Å²) in [7, 11) is 0. The molecule has 2 aliphatic rings. The number of amides is 1. The Morgan fingerprint density at radius 2 is 1.94 bits per heavy atom. The molecule has 174 valence electrons. The Morgan fingerprint density at radius 3 is 2.67 bits per heavy atom. The van der Waals surface area contributed by atoms with Gasteiger partial charge < -0.3 is 15.4 Å². The van der Waals surface area contributed by atoms with Crippen LogP contribution in [0.5, 0.6) is 0 Å². The van der Waals surface area contributed by atoms with Gasteiger partial charge in [0.1, 0.15) is 17.5 Å². The highest BCUT2D eigenvalue weighted by Crippen LogP contribution is 2.25. The van der Waals surface area contributed by atoms with Crippen molar-refractivity contribution < 1.29 is 9.53 Å². The van der Waals surface area contributed by atoms with Crippen molar-refractivity contribution in [3.8, 4) is 6.07 Å². The van der Waals surface area contributed by atoms with Gasteiger partial charge in [0, 0.05) is 32.4 Å². The summed E-state index contributed by atoms with van der Waals surface area (Å²) in [5.41, 5.74) is 1.41. The molecule has 1 aliphatic carbocycles. The molecule has 2 N–H and O–H groups in total. The first kappa shape index (κ1) is 23.1. The second-order valence-electron chi connectivity index (χ2n) is 8.80. The van der Waals surface area contributed by atoms with Gasteiger partial charge in [0.25, 0.3) is 5.91 Å². The fraction of sp³-hybridized carbons (Fsp3) is 0.520. The lowest BCUT2D eigenvalue weighted by molar-refractivity contribution is 0.0332. The monoisotopic (exact) mass is 448 g/mol. The highest BCUT2D eigenvalue weighted by Gasteiger charge is 2.23. The van der Waals surface area contributed by atoms with E-state index in [0.29, 0.717) is 37.1 Å². The van der Waals surface area contributed by atoms with E-state index in [1.54, 1.807) is 0 Å². The topological polar surface area (TPSA) is 103 Å². The van der Waals surface area contributed by atoms with Crippen molar-refractivity contribution in [1.82, 2.24) is 20.2 Å². The molecule has 1 amide bonds. The van der Waals surface area contributed by atoms with Gasteiger partial charge in [-0.1, -0.05) is 49.6 Å². The van der Waals surface area contributed by atoms with E-state index in [1.807, 2.05) is 36.4 Å². The minimum absolute atomic E-state index is 0.0608. The average molecular weight is 449 g/mol. The molecule has 1 aromatic carbocycles. The van der Waals surface area contributed by atoms with E-state index >= 15 is 0 Å². The summed E-state index contributed by atoms with van der Waals surface area (Å²) in [6, 6.07) is 11.8. The number of anilines is 1. The maximum absolute atomic E-state index is 13.4. The van der Waals surface area contributed by atoms with Gasteiger partial charge in [-0.05, 0) is 24.3 Å². The Hall–Kier alpha value is -3.02. The number of hydrogen-bond donors (Lipinski definition) is 2. The Balaban J connectivity index is 1.51. The molecular weight excluding hydrogens is 416 g/mol. The zero-order chi connectivity index (χ0) is 22.9. The van der Waals surface area contributed by atoms with Crippen LogP contribution in [0.15, 0.2) is 36.5 Å². The first-order valence-corrected chi connectivity index (χ1v) is 11.9. The van der Waals surface area contributed by atoms with Crippen molar-refractivity contribution in [2.24, 2.45) is 5.92 Å². The number of ether oxygens (including phenoxy) is 1. The third kappa shape index (κ3) is 6.50. The molecule has 2 aromatic rings. The molecule has 0 spiro atoms. The largest absolute Gasteiger partial charge is 0.379 e. The maximum atomic E-state index is 13.4. The molecule has 8 nitrogen and oxygen atoms in total. The lowest BCUT2D eigenvalue weighted by atomic mass is 9.89. The molecule has 2 fully saturated rings. The van der Waals surface area contributed by atoms with E-state index in [9.17, 15) is 10.1 Å². The van der Waals surface area contributed by atoms with Crippen LogP contribution < -0.4 is 10.6 Å². The van der Waals surface area contributed by atoms with Crippen LogP contribution in [0.2, 0.25) is 0 Å². The Kier molecular flexibility index (Phi) is 8.23. The molecule has 33 heavy (non-hydrogen) atoms. The van der Waals surface area contributed by atoms with Crippen LogP contribution in [0, 0.1) is 17.2 Å². The number of nitriles is 1. The number of morpholine rings is 1. The van der Waals surface area contributed by atoms with Crippen LogP contribution in [-0.2, 0) is 4.74 Å². The highest BCUT2D eigenvalue weighted by atomic mass is 16.5. The second kappa shape index (κ2) is 11.7. The smallest absolute Gasteiger partial charge is 0.257 e. The molecule has 8 heteroatoms. The zero-order valence-electron chi connectivity index (χ0n) is 19.0. The summed E-state index contributed by atoms with van der Waals surface area (Å²) in [4.78, 5) is 24.1. The molecule has 1 saturated heterocycles. The third-order valence-corrected chi connectivity index (χ3v) is 6.47. The van der Waals surface area contributed by atoms with Crippen molar-refractivity contribution in [1.29, 1.82) is 5.26 Å². The molecule has 1 saturated carbocycles. The summed E-state index contributed by atoms with van der Waals surface area (Å²) in [6.07, 6.45) is 7.60. The van der Waals surface area contributed by atoms with Gasteiger partial charge in [-0.2, -0.15) is 5.26 Å². The highest BCUT2D eigenvalue weighted by molar-refractivity contribution is 5.98. The fourth-order valence-corrected chi connectivity index (χ4v) is 4.57. The molecule has 1 aromatic heterocycles. The van der Waals surface area contributed by atoms with Crippen LogP contribution in [0.1, 0.15) is 59.9 Å². The van der Waals surface area contributed by atoms with Crippen molar-refractivity contribution in [3.63, 3.8) is 0 Å². The minimum Gasteiger partial charge on any atom is -0.379 e. The molecule has 2 heterocycles. The van der Waals surface area contributed by atoms with Gasteiger partial charge >= 0.3 is 0 Å². The lowest BCUT2D eigenvalue weighted by Crippen LogP contribution is -2.43. The molecule has 1 aliphatic heterocycles. The van der Waals surface area contributed by atoms with Crippen molar-refractivity contribution in [3.05, 3.63) is 53.5 Å². The SMILES string of the molecule is N#Cc1ncc(C(=O)NC(CN2CCOCC2)c2ccccc2)c(NCC2CCCCC2)n1. The molecule has 1 unspecified atom stereocenters. The van der Waals surface area contributed by atoms with E-state index in [-0.39, 0.29) is 17.8 Å². The normalized spacial score (nSPS) is 18.3. The maximum Gasteiger partial charge on any atom is 0.257 e. The predicted octanol–water partition coefficient (Wildman–Crippen LogP) is 3.14. The number of hydrogen-bond acceptors (Lipinski definition) is 7. The van der Waals surface area contributed by atoms with Crippen LogP contribution in [-0.4, -0.2) is 60.2 Å².